The lowest BCUT2D eigenvalue weighted by Crippen LogP contribution is -2.79. The number of fused-ring (bicyclic) bond motifs is 1. The van der Waals surface area contributed by atoms with Gasteiger partial charge in [-0.1, -0.05) is 12.1 Å². The van der Waals surface area contributed by atoms with Crippen molar-refractivity contribution < 1.29 is 43.9 Å². The average molecular weight is 610 g/mol. The van der Waals surface area contributed by atoms with Crippen LogP contribution in [0.25, 0.3) is 0 Å². The molecule has 0 bridgehead atoms. The molecule has 44 heavy (non-hydrogen) atoms. The van der Waals surface area contributed by atoms with Crippen molar-refractivity contribution in [2.24, 2.45) is 0 Å². The largest absolute Gasteiger partial charge is 0.390 e. The zero-order chi connectivity index (χ0) is 32.6. The van der Waals surface area contributed by atoms with E-state index in [2.05, 4.69) is 10.2 Å². The Morgan fingerprint density at radius 1 is 1.09 bits per heavy atom. The fourth-order valence-electron chi connectivity index (χ4n) is 6.76. The molecule has 0 aliphatic carbocycles. The number of ether oxygens (including phenoxy) is 1. The van der Waals surface area contributed by atoms with Crippen LogP contribution in [0, 0.1) is 5.82 Å². The molecule has 5 rings (SSSR count). The molecular formula is C29H37B2FN4O8. The number of anilines is 1. The number of piperidine rings is 1. The quantitative estimate of drug-likeness (QED) is 0.123. The summed E-state index contributed by atoms with van der Waals surface area (Å²) in [4.78, 5) is 41.3. The monoisotopic (exact) mass is 610 g/mol. The topological polar surface area (TPSA) is 172 Å². The molecule has 234 valence electrons. The molecule has 0 saturated carbocycles. The summed E-state index contributed by atoms with van der Waals surface area (Å²) < 4.78 is 21.4. The fraction of sp³-hybridized carbons (Fsp3) is 0.483. The third-order valence-corrected chi connectivity index (χ3v) is 8.45. The molecular weight excluding hydrogens is 573 g/mol. The number of aliphatic hydroxyl groups is 4. The number of hydrogen-bond donors (Lipinski definition) is 6. The van der Waals surface area contributed by atoms with Crippen molar-refractivity contribution in [3.8, 4) is 0 Å². The summed E-state index contributed by atoms with van der Waals surface area (Å²) in [6, 6.07) is 7.26. The molecule has 3 aliphatic heterocycles. The van der Waals surface area contributed by atoms with Crippen LogP contribution in [-0.2, 0) is 33.0 Å². The Kier molecular flexibility index (Phi) is 7.55. The number of carbonyl (C=O) groups excluding carboxylic acids is 3. The Hall–Kier alpha value is -3.33. The normalized spacial score (nSPS) is 27.4. The van der Waals surface area contributed by atoms with Crippen molar-refractivity contribution in [3.05, 3.63) is 64.5 Å². The number of nitrogens with one attached hydrogen (secondary N) is 2. The minimum atomic E-state index is -3.36. The lowest BCUT2D eigenvalue weighted by atomic mass is 9.66. The van der Waals surface area contributed by atoms with E-state index in [9.17, 15) is 34.8 Å². The third kappa shape index (κ3) is 5.52. The van der Waals surface area contributed by atoms with Crippen LogP contribution in [0.3, 0.4) is 0 Å². The standard InChI is InChI=1S/C29H37B2FN4O8/c1-25(2)13-35(14-26(3,4)44-25)11-15-8-9-19(32)18(10-15)29(31,43)34-20-7-5-6-16-17(20)12-36(23(16)38)21-22(37)33-24(39)28(41,42)27(21,30)40/h5-10,21,34,40-43H,11-14,30-31H2,1-4H3,(H,33,37,39). The first-order valence-electron chi connectivity index (χ1n) is 14.3. The number of halogens is 1. The number of nitrogens with zero attached hydrogens (tertiary/aromatic N) is 2. The maximum absolute atomic E-state index is 15.2. The predicted octanol–water partition coefficient (Wildman–Crippen LogP) is -1.95. The summed E-state index contributed by atoms with van der Waals surface area (Å²) in [5, 5.41) is 47.7. The van der Waals surface area contributed by atoms with E-state index >= 15 is 4.39 Å². The van der Waals surface area contributed by atoms with Gasteiger partial charge in [0, 0.05) is 48.6 Å². The summed E-state index contributed by atoms with van der Waals surface area (Å²) in [5.74, 6) is -7.34. The molecule has 3 heterocycles. The number of benzene rings is 2. The molecule has 3 atom stereocenters. The number of carbonyl (C=O) groups is 3. The Balaban J connectivity index is 1.41. The van der Waals surface area contributed by atoms with Gasteiger partial charge < -0.3 is 35.4 Å². The van der Waals surface area contributed by atoms with Gasteiger partial charge >= 0.3 is 0 Å². The van der Waals surface area contributed by atoms with Crippen LogP contribution in [0.1, 0.15) is 54.7 Å². The summed E-state index contributed by atoms with van der Waals surface area (Å²) >= 11 is 0. The van der Waals surface area contributed by atoms with Gasteiger partial charge in [0.2, 0.25) is 0 Å². The van der Waals surface area contributed by atoms with Crippen LogP contribution < -0.4 is 10.6 Å². The Morgan fingerprint density at radius 3 is 2.36 bits per heavy atom. The van der Waals surface area contributed by atoms with Crippen LogP contribution in [0.5, 0.6) is 0 Å². The van der Waals surface area contributed by atoms with Crippen molar-refractivity contribution >= 4 is 39.1 Å². The Morgan fingerprint density at radius 2 is 1.73 bits per heavy atom. The summed E-state index contributed by atoms with van der Waals surface area (Å²) in [6.45, 7) is 9.58. The van der Waals surface area contributed by atoms with E-state index in [4.69, 9.17) is 4.74 Å². The van der Waals surface area contributed by atoms with E-state index in [1.54, 1.807) is 23.5 Å². The van der Waals surface area contributed by atoms with E-state index in [0.717, 1.165) is 18.3 Å². The third-order valence-electron chi connectivity index (χ3n) is 8.45. The SMILES string of the molecule is BC(O)(Nc1cccc2c1CN(C1C(=O)NC(=O)C(O)(O)C1(B)O)C2=O)c1cc(CN2CC(C)(C)OC(C)(C)C2)ccc1F. The maximum atomic E-state index is 15.2. The second-order valence-electron chi connectivity index (χ2n) is 13.6. The zero-order valence-corrected chi connectivity index (χ0v) is 25.6. The first kappa shape index (κ1) is 32.1. The van der Waals surface area contributed by atoms with Gasteiger partial charge in [-0.05, 0) is 57.5 Å². The lowest BCUT2D eigenvalue weighted by Gasteiger charge is -2.47. The molecule has 3 aliphatic rings. The van der Waals surface area contributed by atoms with Crippen molar-refractivity contribution in [2.45, 2.75) is 74.9 Å². The Labute approximate surface area is 256 Å². The van der Waals surface area contributed by atoms with Crippen LogP contribution >= 0.6 is 0 Å². The predicted molar refractivity (Wildman–Crippen MR) is 161 cm³/mol. The molecule has 12 nitrogen and oxygen atoms in total. The molecule has 0 spiro atoms. The summed E-state index contributed by atoms with van der Waals surface area (Å²) in [7, 11) is 2.25. The number of imide groups is 1. The molecule has 2 aromatic rings. The van der Waals surface area contributed by atoms with Gasteiger partial charge in [-0.2, -0.15) is 0 Å². The van der Waals surface area contributed by atoms with Gasteiger partial charge in [0.05, 0.1) is 11.2 Å². The maximum Gasteiger partial charge on any atom is 0.288 e. The lowest BCUT2D eigenvalue weighted by molar-refractivity contribution is -0.252. The number of amides is 3. The molecule has 15 heteroatoms. The highest BCUT2D eigenvalue weighted by Crippen LogP contribution is 2.38. The first-order valence-corrected chi connectivity index (χ1v) is 14.3. The minimum Gasteiger partial charge on any atom is -0.390 e. The highest BCUT2D eigenvalue weighted by molar-refractivity contribution is 6.24. The van der Waals surface area contributed by atoms with Crippen LogP contribution in [0.2, 0.25) is 0 Å². The van der Waals surface area contributed by atoms with Crippen molar-refractivity contribution in [2.75, 3.05) is 18.4 Å². The Bertz CT molecular complexity index is 1530. The van der Waals surface area contributed by atoms with E-state index in [0.29, 0.717) is 25.2 Å². The van der Waals surface area contributed by atoms with Gasteiger partial charge in [0.1, 0.15) is 23.0 Å². The second-order valence-corrected chi connectivity index (χ2v) is 13.6. The molecule has 2 saturated heterocycles. The molecule has 3 amide bonds. The summed E-state index contributed by atoms with van der Waals surface area (Å²) in [5.41, 5.74) is -4.06. The van der Waals surface area contributed by atoms with Crippen LogP contribution in [-0.4, -0.2) is 105 Å². The van der Waals surface area contributed by atoms with E-state index in [1.165, 1.54) is 26.0 Å². The van der Waals surface area contributed by atoms with Crippen LogP contribution in [0.4, 0.5) is 10.1 Å². The molecule has 2 fully saturated rings. The van der Waals surface area contributed by atoms with Gasteiger partial charge in [-0.15, -0.1) is 0 Å². The minimum absolute atomic E-state index is 0.0287. The molecule has 6 N–H and O–H groups in total. The molecule has 0 radical (unpaired) electrons. The van der Waals surface area contributed by atoms with E-state index in [1.807, 2.05) is 27.7 Å². The number of hydrogen-bond acceptors (Lipinski definition) is 10. The van der Waals surface area contributed by atoms with Crippen molar-refractivity contribution in [3.63, 3.8) is 0 Å². The van der Waals surface area contributed by atoms with Gasteiger partial charge in [-0.3, -0.25) is 24.6 Å². The van der Waals surface area contributed by atoms with Crippen molar-refractivity contribution in [1.82, 2.24) is 15.1 Å². The molecule has 3 unspecified atom stereocenters. The second kappa shape index (κ2) is 10.4. The summed E-state index contributed by atoms with van der Waals surface area (Å²) in [6.07, 6.45) is 0. The highest BCUT2D eigenvalue weighted by atomic mass is 19.1. The smallest absolute Gasteiger partial charge is 0.288 e. The van der Waals surface area contributed by atoms with E-state index in [-0.39, 0.29) is 34.6 Å². The molecule has 2 aromatic carbocycles. The number of rotatable bonds is 6. The van der Waals surface area contributed by atoms with Crippen molar-refractivity contribution in [1.29, 1.82) is 0 Å². The zero-order valence-electron chi connectivity index (χ0n) is 25.6. The van der Waals surface area contributed by atoms with E-state index < -0.39 is 46.5 Å². The average Bonchev–Trinajstić information content (AvgIpc) is 3.19. The fourth-order valence-corrected chi connectivity index (χ4v) is 6.76. The highest BCUT2D eigenvalue weighted by Gasteiger charge is 2.64. The van der Waals surface area contributed by atoms with Gasteiger partial charge in [0.25, 0.3) is 23.5 Å². The number of morpholine rings is 1. The van der Waals surface area contributed by atoms with Gasteiger partial charge in [-0.25, -0.2) is 4.39 Å². The van der Waals surface area contributed by atoms with Gasteiger partial charge in [0.15, 0.2) is 15.7 Å². The molecule has 0 aromatic heterocycles. The van der Waals surface area contributed by atoms with Crippen LogP contribution in [0.15, 0.2) is 36.4 Å². The first-order chi connectivity index (χ1) is 20.2.